The molecule has 86 valence electrons. The summed E-state index contributed by atoms with van der Waals surface area (Å²) in [4.78, 5) is 11.7. The van der Waals surface area contributed by atoms with Gasteiger partial charge < -0.3 is 15.2 Å². The van der Waals surface area contributed by atoms with Crippen LogP contribution in [0, 0.1) is 5.92 Å². The summed E-state index contributed by atoms with van der Waals surface area (Å²) < 4.78 is 10.3. The molecule has 1 aliphatic carbocycles. The van der Waals surface area contributed by atoms with E-state index >= 15 is 0 Å². The maximum absolute atomic E-state index is 11.7. The van der Waals surface area contributed by atoms with Crippen LogP contribution in [0.5, 0.6) is 5.75 Å². The quantitative estimate of drug-likeness (QED) is 0.622. The van der Waals surface area contributed by atoms with Crippen LogP contribution in [0.2, 0.25) is 0 Å². The third-order valence-corrected chi connectivity index (χ3v) is 2.59. The largest absolute Gasteiger partial charge is 0.496 e. The van der Waals surface area contributed by atoms with E-state index in [4.69, 9.17) is 15.2 Å². The number of rotatable bonds is 4. The molecule has 0 saturated heterocycles. The number of carbonyl (C=O) groups is 1. The molecule has 0 aliphatic heterocycles. The van der Waals surface area contributed by atoms with Gasteiger partial charge in [-0.3, -0.25) is 0 Å². The zero-order valence-corrected chi connectivity index (χ0v) is 9.23. The standard InChI is InChI=1S/C12H15NO3/c1-15-11-6-9(13)4-5-10(11)12(14)16-7-8-2-3-8/h4-6,8H,2-3,7,13H2,1H3. The monoisotopic (exact) mass is 221 g/mol. The first-order valence-corrected chi connectivity index (χ1v) is 5.31. The smallest absolute Gasteiger partial charge is 0.341 e. The second-order valence-electron chi connectivity index (χ2n) is 4.00. The predicted molar refractivity (Wildman–Crippen MR) is 60.4 cm³/mol. The molecule has 4 nitrogen and oxygen atoms in total. The van der Waals surface area contributed by atoms with Gasteiger partial charge in [0.05, 0.1) is 13.7 Å². The molecule has 0 radical (unpaired) electrons. The van der Waals surface area contributed by atoms with Gasteiger partial charge in [0.25, 0.3) is 0 Å². The highest BCUT2D eigenvalue weighted by molar-refractivity contribution is 5.93. The van der Waals surface area contributed by atoms with Crippen LogP contribution in [0.25, 0.3) is 0 Å². The number of hydrogen-bond donors (Lipinski definition) is 1. The molecule has 0 spiro atoms. The van der Waals surface area contributed by atoms with E-state index in [2.05, 4.69) is 0 Å². The van der Waals surface area contributed by atoms with Gasteiger partial charge in [0.1, 0.15) is 11.3 Å². The van der Waals surface area contributed by atoms with Crippen LogP contribution in [-0.2, 0) is 4.74 Å². The Balaban J connectivity index is 2.08. The Kier molecular flexibility index (Phi) is 2.99. The Hall–Kier alpha value is -1.71. The zero-order valence-electron chi connectivity index (χ0n) is 9.23. The number of nitrogens with two attached hydrogens (primary N) is 1. The first kappa shape index (κ1) is 10.8. The lowest BCUT2D eigenvalue weighted by molar-refractivity contribution is 0.0482. The van der Waals surface area contributed by atoms with Crippen LogP contribution < -0.4 is 10.5 Å². The molecule has 1 fully saturated rings. The summed E-state index contributed by atoms with van der Waals surface area (Å²) in [6.07, 6.45) is 2.32. The highest BCUT2D eigenvalue weighted by atomic mass is 16.5. The van der Waals surface area contributed by atoms with E-state index in [-0.39, 0.29) is 5.97 Å². The van der Waals surface area contributed by atoms with E-state index in [1.54, 1.807) is 18.2 Å². The lowest BCUT2D eigenvalue weighted by Gasteiger charge is -2.08. The fraction of sp³-hybridized carbons (Fsp3) is 0.417. The van der Waals surface area contributed by atoms with E-state index in [0.717, 1.165) is 12.8 Å². The minimum absolute atomic E-state index is 0.344. The summed E-state index contributed by atoms with van der Waals surface area (Å²) in [5.74, 6) is 0.674. The number of carbonyl (C=O) groups excluding carboxylic acids is 1. The molecule has 4 heteroatoms. The molecule has 0 bridgehead atoms. The SMILES string of the molecule is COc1cc(N)ccc1C(=O)OCC1CC1. The average Bonchev–Trinajstić information content (AvgIpc) is 3.09. The average molecular weight is 221 g/mol. The van der Waals surface area contributed by atoms with E-state index in [1.165, 1.54) is 7.11 Å². The third kappa shape index (κ3) is 2.45. The van der Waals surface area contributed by atoms with Gasteiger partial charge in [-0.15, -0.1) is 0 Å². The molecule has 0 amide bonds. The molecule has 1 aromatic carbocycles. The predicted octanol–water partition coefficient (Wildman–Crippen LogP) is 1.84. The van der Waals surface area contributed by atoms with Crippen molar-refractivity contribution in [2.75, 3.05) is 19.5 Å². The number of esters is 1. The summed E-state index contributed by atoms with van der Waals surface area (Å²) in [5.41, 5.74) is 6.60. The molecule has 1 aromatic rings. The molecule has 2 rings (SSSR count). The van der Waals surface area contributed by atoms with E-state index in [1.807, 2.05) is 0 Å². The molecule has 0 atom stereocenters. The fourth-order valence-electron chi connectivity index (χ4n) is 1.43. The molecule has 0 aromatic heterocycles. The van der Waals surface area contributed by atoms with Gasteiger partial charge in [0.2, 0.25) is 0 Å². The Labute approximate surface area is 94.3 Å². The summed E-state index contributed by atoms with van der Waals surface area (Å²) in [7, 11) is 1.51. The number of ether oxygens (including phenoxy) is 2. The van der Waals surface area contributed by atoms with Crippen molar-refractivity contribution < 1.29 is 14.3 Å². The van der Waals surface area contributed by atoms with Crippen LogP contribution in [0.1, 0.15) is 23.2 Å². The summed E-state index contributed by atoms with van der Waals surface area (Å²) >= 11 is 0. The fourth-order valence-corrected chi connectivity index (χ4v) is 1.43. The van der Waals surface area contributed by atoms with Crippen LogP contribution in [0.3, 0.4) is 0 Å². The van der Waals surface area contributed by atoms with Gasteiger partial charge in [0, 0.05) is 11.8 Å². The van der Waals surface area contributed by atoms with Crippen LogP contribution in [0.15, 0.2) is 18.2 Å². The Morgan fingerprint density at radius 1 is 1.50 bits per heavy atom. The number of methoxy groups -OCH3 is 1. The van der Waals surface area contributed by atoms with Crippen LogP contribution >= 0.6 is 0 Å². The lowest BCUT2D eigenvalue weighted by Crippen LogP contribution is -2.09. The maximum Gasteiger partial charge on any atom is 0.341 e. The Bertz CT molecular complexity index is 399. The number of anilines is 1. The molecule has 2 N–H and O–H groups in total. The number of hydrogen-bond acceptors (Lipinski definition) is 4. The minimum atomic E-state index is -0.344. The third-order valence-electron chi connectivity index (χ3n) is 2.59. The Morgan fingerprint density at radius 3 is 2.88 bits per heavy atom. The first-order valence-electron chi connectivity index (χ1n) is 5.31. The van der Waals surface area contributed by atoms with Crippen molar-refractivity contribution in [3.05, 3.63) is 23.8 Å². The van der Waals surface area contributed by atoms with Gasteiger partial charge in [-0.1, -0.05) is 0 Å². The first-order chi connectivity index (χ1) is 7.70. The molecule has 1 aliphatic rings. The molecule has 1 saturated carbocycles. The number of benzene rings is 1. The second kappa shape index (κ2) is 4.43. The van der Waals surface area contributed by atoms with Gasteiger partial charge in [-0.25, -0.2) is 4.79 Å². The maximum atomic E-state index is 11.7. The molecule has 16 heavy (non-hydrogen) atoms. The van der Waals surface area contributed by atoms with Gasteiger partial charge in [-0.05, 0) is 30.9 Å². The normalized spacial score (nSPS) is 14.6. The summed E-state index contributed by atoms with van der Waals surface area (Å²) in [5, 5.41) is 0. The van der Waals surface area contributed by atoms with Crippen LogP contribution in [-0.4, -0.2) is 19.7 Å². The van der Waals surface area contributed by atoms with Gasteiger partial charge >= 0.3 is 5.97 Å². The van der Waals surface area contributed by atoms with E-state index in [9.17, 15) is 4.79 Å². The second-order valence-corrected chi connectivity index (χ2v) is 4.00. The minimum Gasteiger partial charge on any atom is -0.496 e. The Morgan fingerprint density at radius 2 is 2.25 bits per heavy atom. The van der Waals surface area contributed by atoms with Crippen molar-refractivity contribution in [2.45, 2.75) is 12.8 Å². The molecular weight excluding hydrogens is 206 g/mol. The highest BCUT2D eigenvalue weighted by Gasteiger charge is 2.24. The van der Waals surface area contributed by atoms with Crippen LogP contribution in [0.4, 0.5) is 5.69 Å². The molecule has 0 heterocycles. The summed E-state index contributed by atoms with van der Waals surface area (Å²) in [6, 6.07) is 4.91. The lowest BCUT2D eigenvalue weighted by atomic mass is 10.2. The van der Waals surface area contributed by atoms with Gasteiger partial charge in [-0.2, -0.15) is 0 Å². The topological polar surface area (TPSA) is 61.5 Å². The number of nitrogen functional groups attached to an aromatic ring is 1. The van der Waals surface area contributed by atoms with E-state index < -0.39 is 0 Å². The van der Waals surface area contributed by atoms with Gasteiger partial charge in [0.15, 0.2) is 0 Å². The van der Waals surface area contributed by atoms with Crippen molar-refractivity contribution in [3.8, 4) is 5.75 Å². The molecular formula is C12H15NO3. The van der Waals surface area contributed by atoms with Crippen molar-refractivity contribution in [2.24, 2.45) is 5.92 Å². The van der Waals surface area contributed by atoms with E-state index in [0.29, 0.717) is 29.5 Å². The summed E-state index contributed by atoms with van der Waals surface area (Å²) in [6.45, 7) is 0.506. The van der Waals surface area contributed by atoms with Crippen molar-refractivity contribution in [1.29, 1.82) is 0 Å². The zero-order chi connectivity index (χ0) is 11.5. The molecule has 0 unspecified atom stereocenters. The van der Waals surface area contributed by atoms with Crippen molar-refractivity contribution >= 4 is 11.7 Å². The highest BCUT2D eigenvalue weighted by Crippen LogP contribution is 2.30. The van der Waals surface area contributed by atoms with Crippen molar-refractivity contribution in [1.82, 2.24) is 0 Å². The van der Waals surface area contributed by atoms with Crippen molar-refractivity contribution in [3.63, 3.8) is 0 Å².